The van der Waals surface area contributed by atoms with Gasteiger partial charge in [0.15, 0.2) is 0 Å². The molecule has 0 spiro atoms. The van der Waals surface area contributed by atoms with E-state index in [0.717, 1.165) is 28.2 Å². The summed E-state index contributed by atoms with van der Waals surface area (Å²) in [6.07, 6.45) is 2.57. The lowest BCUT2D eigenvalue weighted by Crippen LogP contribution is -2.33. The Morgan fingerprint density at radius 3 is 2.75 bits per heavy atom. The molecule has 104 valence electrons. The van der Waals surface area contributed by atoms with Crippen LogP contribution in [-0.4, -0.2) is 23.9 Å². The van der Waals surface area contributed by atoms with Crippen LogP contribution in [0.1, 0.15) is 25.3 Å². The van der Waals surface area contributed by atoms with E-state index in [4.69, 9.17) is 16.1 Å². The number of para-hydroxylation sites is 1. The Morgan fingerprint density at radius 2 is 2.10 bits per heavy atom. The van der Waals surface area contributed by atoms with Gasteiger partial charge >= 0.3 is 0 Å². The van der Waals surface area contributed by atoms with Gasteiger partial charge in [-0.05, 0) is 37.8 Å². The number of pyridine rings is 1. The van der Waals surface area contributed by atoms with Crippen LogP contribution in [0.2, 0.25) is 0 Å². The van der Waals surface area contributed by atoms with Crippen molar-refractivity contribution in [2.45, 2.75) is 25.8 Å². The van der Waals surface area contributed by atoms with E-state index in [1.165, 1.54) is 12.8 Å². The van der Waals surface area contributed by atoms with Crippen LogP contribution in [0.5, 0.6) is 0 Å². The van der Waals surface area contributed by atoms with Gasteiger partial charge in [0.1, 0.15) is 11.7 Å². The van der Waals surface area contributed by atoms with Crippen molar-refractivity contribution in [3.8, 4) is 0 Å². The number of nitrogens with one attached hydrogen (secondary N) is 1. The highest BCUT2D eigenvalue weighted by molar-refractivity contribution is 6.03. The van der Waals surface area contributed by atoms with Crippen molar-refractivity contribution < 1.29 is 0 Å². The van der Waals surface area contributed by atoms with Crippen molar-refractivity contribution in [3.63, 3.8) is 0 Å². The lowest BCUT2D eigenvalue weighted by Gasteiger charge is -2.28. The summed E-state index contributed by atoms with van der Waals surface area (Å²) in [5, 5.41) is 8.84. The summed E-state index contributed by atoms with van der Waals surface area (Å²) in [7, 11) is 2.05. The number of anilines is 1. The summed E-state index contributed by atoms with van der Waals surface area (Å²) in [6.45, 7) is 2.22. The van der Waals surface area contributed by atoms with Gasteiger partial charge in [-0.15, -0.1) is 0 Å². The Kier molecular flexibility index (Phi) is 3.08. The van der Waals surface area contributed by atoms with Crippen molar-refractivity contribution in [3.05, 3.63) is 35.9 Å². The van der Waals surface area contributed by atoms with E-state index in [1.807, 2.05) is 37.4 Å². The molecule has 0 saturated heterocycles. The topological polar surface area (TPSA) is 66.0 Å². The fourth-order valence-corrected chi connectivity index (χ4v) is 2.66. The van der Waals surface area contributed by atoms with Crippen LogP contribution < -0.4 is 10.6 Å². The Morgan fingerprint density at radius 1 is 1.40 bits per heavy atom. The molecule has 3 rings (SSSR count). The number of aromatic nitrogens is 1. The fourth-order valence-electron chi connectivity index (χ4n) is 2.66. The molecule has 1 atom stereocenters. The quantitative estimate of drug-likeness (QED) is 0.662. The number of hydrogen-bond donors (Lipinski definition) is 2. The molecule has 1 saturated carbocycles. The number of nitrogens with two attached hydrogens (primary N) is 1. The summed E-state index contributed by atoms with van der Waals surface area (Å²) in [4.78, 5) is 6.90. The van der Waals surface area contributed by atoms with E-state index in [9.17, 15) is 0 Å². The summed E-state index contributed by atoms with van der Waals surface area (Å²) in [6, 6.07) is 10.4. The van der Waals surface area contributed by atoms with Crippen LogP contribution in [0.3, 0.4) is 0 Å². The second-order valence-electron chi connectivity index (χ2n) is 5.65. The van der Waals surface area contributed by atoms with Gasteiger partial charge in [-0.2, -0.15) is 0 Å². The second-order valence-corrected chi connectivity index (χ2v) is 5.65. The molecule has 1 heterocycles. The van der Waals surface area contributed by atoms with Crippen molar-refractivity contribution >= 4 is 22.6 Å². The predicted octanol–water partition coefficient (Wildman–Crippen LogP) is 2.75. The Labute approximate surface area is 119 Å². The number of rotatable bonds is 4. The molecule has 1 aromatic heterocycles. The van der Waals surface area contributed by atoms with E-state index in [2.05, 4.69) is 11.8 Å². The molecule has 1 aromatic carbocycles. The van der Waals surface area contributed by atoms with E-state index in [-0.39, 0.29) is 5.84 Å². The third-order valence-electron chi connectivity index (χ3n) is 4.24. The highest BCUT2D eigenvalue weighted by Gasteiger charge is 2.32. The minimum absolute atomic E-state index is 0.0769. The molecule has 4 nitrogen and oxygen atoms in total. The van der Waals surface area contributed by atoms with Crippen molar-refractivity contribution in [2.75, 3.05) is 11.9 Å². The maximum atomic E-state index is 7.82. The lowest BCUT2D eigenvalue weighted by molar-refractivity contribution is 0.604. The summed E-state index contributed by atoms with van der Waals surface area (Å²) in [5.41, 5.74) is 7.42. The zero-order valence-corrected chi connectivity index (χ0v) is 11.9. The first kappa shape index (κ1) is 12.9. The first-order chi connectivity index (χ1) is 9.58. The van der Waals surface area contributed by atoms with Gasteiger partial charge in [0.05, 0.1) is 11.1 Å². The highest BCUT2D eigenvalue weighted by atomic mass is 15.2. The van der Waals surface area contributed by atoms with Crippen LogP contribution in [0, 0.1) is 11.3 Å². The van der Waals surface area contributed by atoms with Crippen LogP contribution in [0.4, 0.5) is 5.82 Å². The molecular formula is C16H20N4. The van der Waals surface area contributed by atoms with E-state index >= 15 is 0 Å². The molecule has 20 heavy (non-hydrogen) atoms. The van der Waals surface area contributed by atoms with E-state index in [1.54, 1.807) is 0 Å². The maximum Gasteiger partial charge on any atom is 0.140 e. The second kappa shape index (κ2) is 4.78. The molecule has 1 aliphatic carbocycles. The van der Waals surface area contributed by atoms with Gasteiger partial charge in [0, 0.05) is 18.5 Å². The SMILES string of the molecule is CC(C1CC1)N(C)c1nc2ccccc2cc1C(=N)N. The van der Waals surface area contributed by atoms with Gasteiger partial charge < -0.3 is 10.6 Å². The number of fused-ring (bicyclic) bond motifs is 1. The van der Waals surface area contributed by atoms with Crippen molar-refractivity contribution in [1.29, 1.82) is 5.41 Å². The zero-order chi connectivity index (χ0) is 14.3. The molecule has 0 amide bonds. The Hall–Kier alpha value is -2.10. The summed E-state index contributed by atoms with van der Waals surface area (Å²) < 4.78 is 0. The first-order valence-electron chi connectivity index (χ1n) is 7.05. The number of nitrogen functional groups attached to an aromatic ring is 1. The van der Waals surface area contributed by atoms with Crippen LogP contribution in [-0.2, 0) is 0 Å². The average molecular weight is 268 g/mol. The molecule has 1 unspecified atom stereocenters. The van der Waals surface area contributed by atoms with Gasteiger partial charge in [-0.3, -0.25) is 5.41 Å². The maximum absolute atomic E-state index is 7.82. The summed E-state index contributed by atoms with van der Waals surface area (Å²) in [5.74, 6) is 1.64. The Balaban J connectivity index is 2.11. The minimum Gasteiger partial charge on any atom is -0.384 e. The van der Waals surface area contributed by atoms with Gasteiger partial charge in [-0.25, -0.2) is 4.98 Å². The van der Waals surface area contributed by atoms with Gasteiger partial charge in [0.2, 0.25) is 0 Å². The molecule has 1 fully saturated rings. The Bertz CT molecular complexity index is 661. The normalized spacial score (nSPS) is 16.1. The highest BCUT2D eigenvalue weighted by Crippen LogP contribution is 2.36. The third-order valence-corrected chi connectivity index (χ3v) is 4.24. The van der Waals surface area contributed by atoms with Crippen LogP contribution in [0.15, 0.2) is 30.3 Å². The smallest absolute Gasteiger partial charge is 0.140 e. The molecule has 3 N–H and O–H groups in total. The summed E-state index contributed by atoms with van der Waals surface area (Å²) >= 11 is 0. The number of hydrogen-bond acceptors (Lipinski definition) is 3. The zero-order valence-electron chi connectivity index (χ0n) is 11.9. The third kappa shape index (κ3) is 2.22. The minimum atomic E-state index is 0.0769. The predicted molar refractivity (Wildman–Crippen MR) is 83.3 cm³/mol. The number of amidine groups is 1. The van der Waals surface area contributed by atoms with E-state index < -0.39 is 0 Å². The van der Waals surface area contributed by atoms with Gasteiger partial charge in [0.25, 0.3) is 0 Å². The fraction of sp³-hybridized carbons (Fsp3) is 0.375. The van der Waals surface area contributed by atoms with E-state index in [0.29, 0.717) is 6.04 Å². The molecular weight excluding hydrogens is 248 g/mol. The lowest BCUT2D eigenvalue weighted by atomic mass is 10.1. The largest absolute Gasteiger partial charge is 0.384 e. The molecule has 4 heteroatoms. The van der Waals surface area contributed by atoms with Crippen LogP contribution in [0.25, 0.3) is 10.9 Å². The van der Waals surface area contributed by atoms with Crippen molar-refractivity contribution in [1.82, 2.24) is 4.98 Å². The molecule has 0 aliphatic heterocycles. The number of benzene rings is 1. The molecule has 2 aromatic rings. The number of nitrogens with zero attached hydrogens (tertiary/aromatic N) is 2. The first-order valence-corrected chi connectivity index (χ1v) is 7.05. The molecule has 0 radical (unpaired) electrons. The molecule has 1 aliphatic rings. The monoisotopic (exact) mass is 268 g/mol. The molecule has 0 bridgehead atoms. The van der Waals surface area contributed by atoms with Crippen LogP contribution >= 0.6 is 0 Å². The van der Waals surface area contributed by atoms with Gasteiger partial charge in [-0.1, -0.05) is 18.2 Å². The van der Waals surface area contributed by atoms with Crippen molar-refractivity contribution in [2.24, 2.45) is 11.7 Å². The standard InChI is InChI=1S/C16H20N4/c1-10(11-7-8-11)20(2)16-13(15(17)18)9-12-5-3-4-6-14(12)19-16/h3-6,9-11H,7-8H2,1-2H3,(H3,17,18). The average Bonchev–Trinajstić information content (AvgIpc) is 3.28.